The minimum atomic E-state index is 0.0650. The molecule has 0 amide bonds. The van der Waals surface area contributed by atoms with Crippen LogP contribution >= 0.6 is 0 Å². The van der Waals surface area contributed by atoms with Gasteiger partial charge in [0, 0.05) is 27.7 Å². The van der Waals surface area contributed by atoms with Crippen LogP contribution < -0.4 is 4.90 Å². The van der Waals surface area contributed by atoms with E-state index in [0.29, 0.717) is 5.92 Å². The Morgan fingerprint density at radius 1 is 0.538 bits per heavy atom. The number of anilines is 3. The second-order valence-electron chi connectivity index (χ2n) is 15.6. The van der Waals surface area contributed by atoms with Gasteiger partial charge in [0.2, 0.25) is 0 Å². The Morgan fingerprint density at radius 2 is 1.23 bits per heavy atom. The van der Waals surface area contributed by atoms with Gasteiger partial charge in [0.1, 0.15) is 11.2 Å². The van der Waals surface area contributed by atoms with E-state index in [-0.39, 0.29) is 5.41 Å². The summed E-state index contributed by atoms with van der Waals surface area (Å²) in [5, 5.41) is 5.01. The molecule has 7 aromatic carbocycles. The standard InChI is InChI=1S/C50H45NO/c1-50(2,3)38-27-29-39(30-28-38)51(40-19-11-18-36(32-40)37-26-31-48-45(33-37)43-21-8-10-25-47(43)52-48)46-24-9-7-20-42(46)44-23-13-17-35-16-12-22-41(49(35)44)34-14-5-4-6-15-34/h7-13,16-34H,4-6,14-15H2,1-3H3. The number of para-hydroxylation sites is 2. The molecule has 0 radical (unpaired) electrons. The molecule has 0 aliphatic heterocycles. The third-order valence-corrected chi connectivity index (χ3v) is 11.2. The van der Waals surface area contributed by atoms with Gasteiger partial charge in [0.05, 0.1) is 5.69 Å². The largest absolute Gasteiger partial charge is 0.456 e. The van der Waals surface area contributed by atoms with Crippen molar-refractivity contribution in [3.63, 3.8) is 0 Å². The number of nitrogens with zero attached hydrogens (tertiary/aromatic N) is 1. The van der Waals surface area contributed by atoms with Crippen LogP contribution in [0.2, 0.25) is 0 Å². The summed E-state index contributed by atoms with van der Waals surface area (Å²) < 4.78 is 6.18. The molecule has 0 unspecified atom stereocenters. The lowest BCUT2D eigenvalue weighted by atomic mass is 9.80. The minimum absolute atomic E-state index is 0.0650. The number of hydrogen-bond donors (Lipinski definition) is 0. The van der Waals surface area contributed by atoms with Crippen molar-refractivity contribution in [1.29, 1.82) is 0 Å². The van der Waals surface area contributed by atoms with E-state index in [0.717, 1.165) is 33.3 Å². The number of hydrogen-bond acceptors (Lipinski definition) is 2. The van der Waals surface area contributed by atoms with Crippen LogP contribution in [0, 0.1) is 0 Å². The molecular formula is C50H45NO. The molecule has 1 heterocycles. The van der Waals surface area contributed by atoms with Gasteiger partial charge >= 0.3 is 0 Å². The van der Waals surface area contributed by atoms with Gasteiger partial charge in [0.25, 0.3) is 0 Å². The molecule has 0 N–H and O–H groups in total. The van der Waals surface area contributed by atoms with Gasteiger partial charge in [-0.1, -0.05) is 143 Å². The van der Waals surface area contributed by atoms with Crippen LogP contribution in [0.4, 0.5) is 17.1 Å². The zero-order chi connectivity index (χ0) is 35.2. The van der Waals surface area contributed by atoms with E-state index in [4.69, 9.17) is 4.42 Å². The summed E-state index contributed by atoms with van der Waals surface area (Å²) in [7, 11) is 0. The predicted octanol–water partition coefficient (Wildman–Crippen LogP) is 14.9. The molecule has 1 saturated carbocycles. The molecular weight excluding hydrogens is 631 g/mol. The molecule has 1 aromatic heterocycles. The normalized spacial score (nSPS) is 14.0. The average molecular weight is 676 g/mol. The third-order valence-electron chi connectivity index (χ3n) is 11.2. The smallest absolute Gasteiger partial charge is 0.135 e. The zero-order valence-electron chi connectivity index (χ0n) is 30.4. The topological polar surface area (TPSA) is 16.4 Å². The number of benzene rings is 7. The van der Waals surface area contributed by atoms with E-state index in [9.17, 15) is 0 Å². The molecule has 52 heavy (non-hydrogen) atoms. The van der Waals surface area contributed by atoms with Crippen molar-refractivity contribution in [3.8, 4) is 22.3 Å². The average Bonchev–Trinajstić information content (AvgIpc) is 3.56. The van der Waals surface area contributed by atoms with E-state index in [1.807, 2.05) is 12.1 Å². The lowest BCUT2D eigenvalue weighted by Crippen LogP contribution is -2.14. The SMILES string of the molecule is CC(C)(C)c1ccc(N(c2cccc(-c3ccc4oc5ccccc5c4c3)c2)c2ccccc2-c2cccc3cccc(C4CCCCC4)c23)cc1. The molecule has 1 aliphatic rings. The van der Waals surface area contributed by atoms with Crippen molar-refractivity contribution in [3.05, 3.63) is 163 Å². The summed E-state index contributed by atoms with van der Waals surface area (Å²) in [6.45, 7) is 6.84. The molecule has 0 saturated heterocycles. The Kier molecular flexibility index (Phi) is 8.19. The maximum absolute atomic E-state index is 6.18. The maximum Gasteiger partial charge on any atom is 0.135 e. The van der Waals surface area contributed by atoms with E-state index < -0.39 is 0 Å². The van der Waals surface area contributed by atoms with Crippen molar-refractivity contribution in [2.75, 3.05) is 4.90 Å². The van der Waals surface area contributed by atoms with Crippen molar-refractivity contribution < 1.29 is 4.42 Å². The maximum atomic E-state index is 6.18. The highest BCUT2D eigenvalue weighted by Crippen LogP contribution is 2.46. The number of fused-ring (bicyclic) bond motifs is 4. The van der Waals surface area contributed by atoms with Crippen LogP contribution in [0.1, 0.15) is 69.9 Å². The minimum Gasteiger partial charge on any atom is -0.456 e. The van der Waals surface area contributed by atoms with Gasteiger partial charge in [-0.3, -0.25) is 0 Å². The fourth-order valence-corrected chi connectivity index (χ4v) is 8.51. The van der Waals surface area contributed by atoms with Crippen LogP contribution in [0.3, 0.4) is 0 Å². The van der Waals surface area contributed by atoms with E-state index in [1.54, 1.807) is 0 Å². The van der Waals surface area contributed by atoms with Gasteiger partial charge in [-0.05, 0) is 111 Å². The number of rotatable bonds is 6. The summed E-state index contributed by atoms with van der Waals surface area (Å²) >= 11 is 0. The highest BCUT2D eigenvalue weighted by atomic mass is 16.3. The molecule has 256 valence electrons. The third kappa shape index (κ3) is 5.87. The van der Waals surface area contributed by atoms with Crippen LogP contribution in [-0.2, 0) is 5.41 Å². The summed E-state index contributed by atoms with van der Waals surface area (Å²) in [4.78, 5) is 2.46. The Hall–Kier alpha value is -5.60. The van der Waals surface area contributed by atoms with Crippen molar-refractivity contribution in [1.82, 2.24) is 0 Å². The van der Waals surface area contributed by atoms with Crippen molar-refractivity contribution in [2.24, 2.45) is 0 Å². The molecule has 1 fully saturated rings. The quantitative estimate of drug-likeness (QED) is 0.174. The first-order chi connectivity index (χ1) is 25.4. The van der Waals surface area contributed by atoms with Crippen molar-refractivity contribution >= 4 is 49.8 Å². The molecule has 8 aromatic rings. The fourth-order valence-electron chi connectivity index (χ4n) is 8.51. The highest BCUT2D eigenvalue weighted by Gasteiger charge is 2.23. The molecule has 2 nitrogen and oxygen atoms in total. The van der Waals surface area contributed by atoms with Gasteiger partial charge < -0.3 is 9.32 Å². The molecule has 0 spiro atoms. The zero-order valence-corrected chi connectivity index (χ0v) is 30.4. The van der Waals surface area contributed by atoms with Gasteiger partial charge in [-0.25, -0.2) is 0 Å². The van der Waals surface area contributed by atoms with Crippen LogP contribution in [0.5, 0.6) is 0 Å². The van der Waals surface area contributed by atoms with Gasteiger partial charge in [0.15, 0.2) is 0 Å². The van der Waals surface area contributed by atoms with E-state index >= 15 is 0 Å². The van der Waals surface area contributed by atoms with Crippen LogP contribution in [0.25, 0.3) is 55.0 Å². The lowest BCUT2D eigenvalue weighted by Gasteiger charge is -2.30. The Morgan fingerprint density at radius 3 is 2.06 bits per heavy atom. The van der Waals surface area contributed by atoms with Crippen molar-refractivity contribution in [2.45, 2.75) is 64.2 Å². The summed E-state index contributed by atoms with van der Waals surface area (Å²) in [6.07, 6.45) is 6.53. The first kappa shape index (κ1) is 32.3. The lowest BCUT2D eigenvalue weighted by molar-refractivity contribution is 0.445. The van der Waals surface area contributed by atoms with E-state index in [2.05, 4.69) is 165 Å². The summed E-state index contributed by atoms with van der Waals surface area (Å²) in [5.41, 5.74) is 13.1. The first-order valence-electron chi connectivity index (χ1n) is 19.0. The van der Waals surface area contributed by atoms with Crippen LogP contribution in [0.15, 0.2) is 156 Å². The second kappa shape index (κ2) is 13.2. The van der Waals surface area contributed by atoms with E-state index in [1.165, 1.54) is 81.9 Å². The summed E-state index contributed by atoms with van der Waals surface area (Å²) in [5.74, 6) is 0.605. The fraction of sp³-hybridized carbons (Fsp3) is 0.200. The molecule has 1 aliphatic carbocycles. The van der Waals surface area contributed by atoms with Gasteiger partial charge in [-0.15, -0.1) is 0 Å². The summed E-state index contributed by atoms with van der Waals surface area (Å²) in [6, 6.07) is 55.9. The number of furan rings is 1. The Bertz CT molecular complexity index is 2540. The molecule has 9 rings (SSSR count). The monoisotopic (exact) mass is 675 g/mol. The first-order valence-corrected chi connectivity index (χ1v) is 19.0. The molecule has 2 heteroatoms. The second-order valence-corrected chi connectivity index (χ2v) is 15.6. The molecule has 0 atom stereocenters. The van der Waals surface area contributed by atoms with Gasteiger partial charge in [-0.2, -0.15) is 0 Å². The van der Waals surface area contributed by atoms with Crippen LogP contribution in [-0.4, -0.2) is 0 Å². The Balaban J connectivity index is 1.23. The predicted molar refractivity (Wildman–Crippen MR) is 221 cm³/mol. The Labute approximate surface area is 307 Å². The highest BCUT2D eigenvalue weighted by molar-refractivity contribution is 6.07. The molecule has 0 bridgehead atoms.